The zero-order valence-corrected chi connectivity index (χ0v) is 15.8. The van der Waals surface area contributed by atoms with Crippen LogP contribution in [0.15, 0.2) is 0 Å². The molecule has 27 heavy (non-hydrogen) atoms. The minimum absolute atomic E-state index is 0.0348. The summed E-state index contributed by atoms with van der Waals surface area (Å²) in [5.41, 5.74) is 5.38. The molecule has 0 aromatic heterocycles. The summed E-state index contributed by atoms with van der Waals surface area (Å²) < 4.78 is 0. The fourth-order valence-electron chi connectivity index (χ4n) is 2.06. The minimum Gasteiger partial charge on any atom is -0.481 e. The van der Waals surface area contributed by atoms with Crippen LogP contribution in [-0.4, -0.2) is 64.0 Å². The van der Waals surface area contributed by atoms with Crippen molar-refractivity contribution >= 4 is 29.7 Å². The van der Waals surface area contributed by atoms with Crippen molar-refractivity contribution in [3.8, 4) is 0 Å². The molecule has 4 atom stereocenters. The maximum Gasteiger partial charge on any atom is 0.326 e. The Bertz CT molecular complexity index is 577. The molecule has 0 radical (unpaired) electrons. The standard InChI is InChI=1S/C16H28N4O7/c1-7(2)5-11(16(26)27)20-15(25)10(6-12(21)22)19-14(24)9(4)18-13(23)8(3)17/h7-11H,5-6,17H2,1-4H3,(H,18,23)(H,19,24)(H,20,25)(H,21,22)(H,26,27)/t8-,9-,10-,11-/m0/s1. The summed E-state index contributed by atoms with van der Waals surface area (Å²) in [5.74, 6) is -5.01. The lowest BCUT2D eigenvalue weighted by atomic mass is 10.0. The number of rotatable bonds is 11. The fraction of sp³-hybridized carbons (Fsp3) is 0.688. The Labute approximate surface area is 157 Å². The Kier molecular flexibility index (Phi) is 10.0. The van der Waals surface area contributed by atoms with Crippen LogP contribution in [-0.2, 0) is 24.0 Å². The lowest BCUT2D eigenvalue weighted by molar-refractivity contribution is -0.144. The van der Waals surface area contributed by atoms with E-state index in [1.165, 1.54) is 13.8 Å². The van der Waals surface area contributed by atoms with Crippen LogP contribution in [0.25, 0.3) is 0 Å². The van der Waals surface area contributed by atoms with Crippen molar-refractivity contribution in [2.75, 3.05) is 0 Å². The highest BCUT2D eigenvalue weighted by Crippen LogP contribution is 2.06. The minimum atomic E-state index is -1.50. The van der Waals surface area contributed by atoms with Gasteiger partial charge in [0.2, 0.25) is 17.7 Å². The molecule has 0 spiro atoms. The van der Waals surface area contributed by atoms with Crippen LogP contribution < -0.4 is 21.7 Å². The lowest BCUT2D eigenvalue weighted by Gasteiger charge is -2.23. The van der Waals surface area contributed by atoms with Gasteiger partial charge in [0.15, 0.2) is 0 Å². The zero-order chi connectivity index (χ0) is 21.3. The number of nitrogens with two attached hydrogens (primary N) is 1. The largest absolute Gasteiger partial charge is 0.481 e. The predicted molar refractivity (Wildman–Crippen MR) is 94.5 cm³/mol. The molecule has 11 heteroatoms. The fourth-order valence-corrected chi connectivity index (χ4v) is 2.06. The van der Waals surface area contributed by atoms with Gasteiger partial charge >= 0.3 is 11.9 Å². The van der Waals surface area contributed by atoms with Gasteiger partial charge in [-0.2, -0.15) is 0 Å². The summed E-state index contributed by atoms with van der Waals surface area (Å²) in [6.07, 6.45) is -0.616. The van der Waals surface area contributed by atoms with Crippen LogP contribution in [0.2, 0.25) is 0 Å². The molecule has 0 bridgehead atoms. The van der Waals surface area contributed by atoms with Gasteiger partial charge < -0.3 is 31.9 Å². The van der Waals surface area contributed by atoms with E-state index in [-0.39, 0.29) is 12.3 Å². The molecule has 3 amide bonds. The van der Waals surface area contributed by atoms with Gasteiger partial charge in [-0.3, -0.25) is 19.2 Å². The van der Waals surface area contributed by atoms with E-state index in [1.54, 1.807) is 13.8 Å². The summed E-state index contributed by atoms with van der Waals surface area (Å²) in [5, 5.41) is 24.9. The Morgan fingerprint density at radius 2 is 1.33 bits per heavy atom. The molecule has 0 fully saturated rings. The topological polar surface area (TPSA) is 188 Å². The molecule has 154 valence electrons. The summed E-state index contributed by atoms with van der Waals surface area (Å²) in [4.78, 5) is 58.2. The Morgan fingerprint density at radius 3 is 1.74 bits per heavy atom. The second kappa shape index (κ2) is 11.1. The van der Waals surface area contributed by atoms with E-state index < -0.39 is 60.2 Å². The number of hydrogen-bond acceptors (Lipinski definition) is 6. The number of carboxylic acid groups (broad SMARTS) is 2. The van der Waals surface area contributed by atoms with Gasteiger partial charge in [0.1, 0.15) is 18.1 Å². The molecular weight excluding hydrogens is 360 g/mol. The van der Waals surface area contributed by atoms with Crippen LogP contribution in [0.3, 0.4) is 0 Å². The Balaban J connectivity index is 5.11. The van der Waals surface area contributed by atoms with Crippen molar-refractivity contribution in [2.45, 2.75) is 64.7 Å². The molecule has 0 aromatic carbocycles. The number of carbonyl (C=O) groups excluding carboxylic acids is 3. The Morgan fingerprint density at radius 1 is 0.815 bits per heavy atom. The molecule has 0 rings (SSSR count). The summed E-state index contributed by atoms with van der Waals surface area (Å²) in [6, 6.07) is -4.65. The van der Waals surface area contributed by atoms with Gasteiger partial charge in [0, 0.05) is 0 Å². The van der Waals surface area contributed by atoms with Gasteiger partial charge in [-0.05, 0) is 26.2 Å². The summed E-state index contributed by atoms with van der Waals surface area (Å²) >= 11 is 0. The average molecular weight is 388 g/mol. The van der Waals surface area contributed by atoms with Gasteiger partial charge in [-0.25, -0.2) is 4.79 Å². The van der Waals surface area contributed by atoms with Crippen LogP contribution in [0.5, 0.6) is 0 Å². The van der Waals surface area contributed by atoms with Crippen LogP contribution in [0.4, 0.5) is 0 Å². The lowest BCUT2D eigenvalue weighted by Crippen LogP contribution is -2.56. The third-order valence-corrected chi connectivity index (χ3v) is 3.50. The molecule has 7 N–H and O–H groups in total. The molecule has 0 aliphatic heterocycles. The molecule has 0 aliphatic carbocycles. The van der Waals surface area contributed by atoms with Crippen molar-refractivity contribution in [3.63, 3.8) is 0 Å². The van der Waals surface area contributed by atoms with E-state index in [9.17, 15) is 29.1 Å². The van der Waals surface area contributed by atoms with Crippen molar-refractivity contribution in [1.29, 1.82) is 0 Å². The molecular formula is C16H28N4O7. The first-order valence-electron chi connectivity index (χ1n) is 8.46. The van der Waals surface area contributed by atoms with E-state index in [4.69, 9.17) is 10.8 Å². The highest BCUT2D eigenvalue weighted by atomic mass is 16.4. The number of carboxylic acids is 2. The zero-order valence-electron chi connectivity index (χ0n) is 15.8. The number of aliphatic carboxylic acids is 2. The normalized spacial score (nSPS) is 15.2. The maximum atomic E-state index is 12.3. The van der Waals surface area contributed by atoms with E-state index in [2.05, 4.69) is 16.0 Å². The SMILES string of the molecule is CC(C)C[C@H](NC(=O)[C@H](CC(=O)O)NC(=O)[C@H](C)NC(=O)[C@H](C)N)C(=O)O. The van der Waals surface area contributed by atoms with Crippen molar-refractivity contribution < 1.29 is 34.2 Å². The van der Waals surface area contributed by atoms with Crippen molar-refractivity contribution in [2.24, 2.45) is 11.7 Å². The van der Waals surface area contributed by atoms with Crippen LogP contribution in [0, 0.1) is 5.92 Å². The van der Waals surface area contributed by atoms with Gasteiger partial charge in [-0.15, -0.1) is 0 Å². The first kappa shape index (κ1) is 24.3. The molecule has 0 saturated carbocycles. The summed E-state index contributed by atoms with van der Waals surface area (Å²) in [7, 11) is 0. The third-order valence-electron chi connectivity index (χ3n) is 3.50. The van der Waals surface area contributed by atoms with E-state index in [0.29, 0.717) is 0 Å². The number of nitrogens with one attached hydrogen (secondary N) is 3. The highest BCUT2D eigenvalue weighted by Gasteiger charge is 2.30. The van der Waals surface area contributed by atoms with Gasteiger partial charge in [0.25, 0.3) is 0 Å². The average Bonchev–Trinajstić information content (AvgIpc) is 2.51. The molecule has 0 aromatic rings. The first-order chi connectivity index (χ1) is 12.3. The van der Waals surface area contributed by atoms with E-state index in [1.807, 2.05) is 0 Å². The van der Waals surface area contributed by atoms with Crippen molar-refractivity contribution in [3.05, 3.63) is 0 Å². The third kappa shape index (κ3) is 9.54. The highest BCUT2D eigenvalue weighted by molar-refractivity contribution is 5.95. The van der Waals surface area contributed by atoms with Crippen LogP contribution in [0.1, 0.15) is 40.5 Å². The summed E-state index contributed by atoms with van der Waals surface area (Å²) in [6.45, 7) is 6.29. The number of hydrogen-bond donors (Lipinski definition) is 6. The molecule has 0 unspecified atom stereocenters. The second-order valence-corrected chi connectivity index (χ2v) is 6.71. The maximum absolute atomic E-state index is 12.3. The number of carbonyl (C=O) groups is 5. The monoisotopic (exact) mass is 388 g/mol. The smallest absolute Gasteiger partial charge is 0.326 e. The van der Waals surface area contributed by atoms with Crippen LogP contribution >= 0.6 is 0 Å². The molecule has 0 aliphatic rings. The number of amides is 3. The van der Waals surface area contributed by atoms with Gasteiger partial charge in [-0.1, -0.05) is 13.8 Å². The van der Waals surface area contributed by atoms with Gasteiger partial charge in [0.05, 0.1) is 12.5 Å². The Hall–Kier alpha value is -2.69. The molecule has 11 nitrogen and oxygen atoms in total. The molecule has 0 saturated heterocycles. The molecule has 0 heterocycles. The predicted octanol–water partition coefficient (Wildman–Crippen LogP) is -1.59. The first-order valence-corrected chi connectivity index (χ1v) is 8.46. The quantitative estimate of drug-likeness (QED) is 0.244. The van der Waals surface area contributed by atoms with E-state index in [0.717, 1.165) is 0 Å². The van der Waals surface area contributed by atoms with E-state index >= 15 is 0 Å². The second-order valence-electron chi connectivity index (χ2n) is 6.71. The van der Waals surface area contributed by atoms with Crippen molar-refractivity contribution in [1.82, 2.24) is 16.0 Å².